The lowest BCUT2D eigenvalue weighted by Gasteiger charge is -2.40. The van der Waals surface area contributed by atoms with Crippen molar-refractivity contribution in [3.05, 3.63) is 59.7 Å². The maximum atomic E-state index is 14.4. The molecule has 1 saturated heterocycles. The summed E-state index contributed by atoms with van der Waals surface area (Å²) >= 11 is 0. The number of tetrazole rings is 1. The van der Waals surface area contributed by atoms with E-state index >= 15 is 0 Å². The predicted molar refractivity (Wildman–Crippen MR) is 132 cm³/mol. The molecular weight excluding hydrogens is 447 g/mol. The van der Waals surface area contributed by atoms with Crippen LogP contribution in [0, 0.1) is 5.82 Å². The molecule has 1 aliphatic carbocycles. The van der Waals surface area contributed by atoms with Gasteiger partial charge >= 0.3 is 0 Å². The molecule has 2 fully saturated rings. The minimum absolute atomic E-state index is 0.187. The summed E-state index contributed by atoms with van der Waals surface area (Å²) in [4.78, 5) is 4.48. The number of methoxy groups -OCH3 is 2. The second-order valence-electron chi connectivity index (χ2n) is 9.23. The molecule has 5 rings (SSSR count). The number of benzene rings is 2. The molecule has 35 heavy (non-hydrogen) atoms. The first-order valence-electron chi connectivity index (χ1n) is 12.4. The number of hydrogen-bond donors (Lipinski definition) is 0. The fourth-order valence-electron chi connectivity index (χ4n) is 5.52. The summed E-state index contributed by atoms with van der Waals surface area (Å²) in [7, 11) is 3.31. The van der Waals surface area contributed by atoms with E-state index in [2.05, 4.69) is 31.4 Å². The standard InChI is InChI=1S/C26H33FN6O2/c1-34-23-14-8-11-20(25(23)35-2)24(26-28-29-30-33(26)19-9-4-3-5-10-19)32-17-15-31(16-18-32)22-13-7-6-12-21(22)27/h6-8,11-14,19,24H,3-5,9-10,15-18H2,1-2H3. The lowest BCUT2D eigenvalue weighted by molar-refractivity contribution is 0.189. The van der Waals surface area contributed by atoms with Gasteiger partial charge in [-0.1, -0.05) is 43.5 Å². The van der Waals surface area contributed by atoms with Crippen LogP contribution in [-0.2, 0) is 0 Å². The van der Waals surface area contributed by atoms with Gasteiger partial charge in [0.05, 0.1) is 25.9 Å². The Bertz CT molecular complexity index is 1120. The van der Waals surface area contributed by atoms with Crippen molar-refractivity contribution in [1.82, 2.24) is 25.1 Å². The molecule has 1 unspecified atom stereocenters. The quantitative estimate of drug-likeness (QED) is 0.501. The van der Waals surface area contributed by atoms with Crippen molar-refractivity contribution in [2.24, 2.45) is 0 Å². The van der Waals surface area contributed by atoms with Crippen LogP contribution in [0.5, 0.6) is 11.5 Å². The van der Waals surface area contributed by atoms with Gasteiger partial charge in [0.25, 0.3) is 0 Å². The van der Waals surface area contributed by atoms with Crippen molar-refractivity contribution in [2.75, 3.05) is 45.3 Å². The first kappa shape index (κ1) is 23.5. The summed E-state index contributed by atoms with van der Waals surface area (Å²) in [6, 6.07) is 13.0. The highest BCUT2D eigenvalue weighted by Gasteiger charge is 2.35. The number of anilines is 1. The number of rotatable bonds is 7. The molecule has 1 aromatic heterocycles. The summed E-state index contributed by atoms with van der Waals surface area (Å²) in [6.07, 6.45) is 5.82. The van der Waals surface area contributed by atoms with Crippen molar-refractivity contribution >= 4 is 5.69 Å². The van der Waals surface area contributed by atoms with Gasteiger partial charge in [0.1, 0.15) is 11.9 Å². The minimum atomic E-state index is -0.209. The van der Waals surface area contributed by atoms with Gasteiger partial charge in [0.2, 0.25) is 0 Å². The van der Waals surface area contributed by atoms with Crippen LogP contribution in [0.4, 0.5) is 10.1 Å². The first-order valence-corrected chi connectivity index (χ1v) is 12.4. The zero-order valence-corrected chi connectivity index (χ0v) is 20.4. The molecule has 2 heterocycles. The molecule has 8 nitrogen and oxygen atoms in total. The number of para-hydroxylation sites is 2. The van der Waals surface area contributed by atoms with E-state index in [1.807, 2.05) is 28.9 Å². The largest absolute Gasteiger partial charge is 0.493 e. The van der Waals surface area contributed by atoms with Gasteiger partial charge in [-0.2, -0.15) is 0 Å². The highest BCUT2D eigenvalue weighted by atomic mass is 19.1. The number of halogens is 1. The van der Waals surface area contributed by atoms with Gasteiger partial charge in [-0.15, -0.1) is 5.10 Å². The van der Waals surface area contributed by atoms with Gasteiger partial charge < -0.3 is 14.4 Å². The van der Waals surface area contributed by atoms with Gasteiger partial charge in [-0.3, -0.25) is 4.90 Å². The second-order valence-corrected chi connectivity index (χ2v) is 9.23. The van der Waals surface area contributed by atoms with Crippen molar-refractivity contribution < 1.29 is 13.9 Å². The Kier molecular flexibility index (Phi) is 7.13. The molecule has 2 aromatic carbocycles. The lowest BCUT2D eigenvalue weighted by Crippen LogP contribution is -2.48. The molecule has 0 radical (unpaired) electrons. The highest BCUT2D eigenvalue weighted by Crippen LogP contribution is 2.41. The van der Waals surface area contributed by atoms with Gasteiger partial charge in [-0.05, 0) is 41.5 Å². The number of piperazine rings is 1. The van der Waals surface area contributed by atoms with E-state index in [1.165, 1.54) is 25.3 Å². The summed E-state index contributed by atoms with van der Waals surface area (Å²) in [6.45, 7) is 2.87. The average Bonchev–Trinajstić information content (AvgIpc) is 3.39. The SMILES string of the molecule is COc1cccc(C(c2nnnn2C2CCCCC2)N2CCN(c3ccccc3F)CC2)c1OC. The fourth-order valence-corrected chi connectivity index (χ4v) is 5.52. The third kappa shape index (κ3) is 4.69. The Morgan fingerprint density at radius 1 is 0.914 bits per heavy atom. The van der Waals surface area contributed by atoms with Crippen LogP contribution in [0.3, 0.4) is 0 Å². The van der Waals surface area contributed by atoms with Crippen LogP contribution >= 0.6 is 0 Å². The van der Waals surface area contributed by atoms with E-state index in [9.17, 15) is 4.39 Å². The lowest BCUT2D eigenvalue weighted by atomic mass is 9.94. The third-order valence-electron chi connectivity index (χ3n) is 7.28. The molecule has 1 saturated carbocycles. The summed E-state index contributed by atoms with van der Waals surface area (Å²) < 4.78 is 27.9. The number of aromatic nitrogens is 4. The van der Waals surface area contributed by atoms with Crippen molar-refractivity contribution in [3.8, 4) is 11.5 Å². The van der Waals surface area contributed by atoms with Crippen molar-refractivity contribution in [3.63, 3.8) is 0 Å². The zero-order valence-electron chi connectivity index (χ0n) is 20.4. The van der Waals surface area contributed by atoms with Gasteiger partial charge in [0, 0.05) is 31.7 Å². The molecule has 0 spiro atoms. The van der Waals surface area contributed by atoms with E-state index in [-0.39, 0.29) is 11.9 Å². The first-order chi connectivity index (χ1) is 17.2. The molecule has 0 N–H and O–H groups in total. The Balaban J connectivity index is 1.50. The Morgan fingerprint density at radius 3 is 2.40 bits per heavy atom. The highest BCUT2D eigenvalue weighted by molar-refractivity contribution is 5.50. The maximum Gasteiger partial charge on any atom is 0.173 e. The Hall–Kier alpha value is -3.20. The average molecular weight is 481 g/mol. The number of hydrogen-bond acceptors (Lipinski definition) is 7. The Labute approximate surface area is 205 Å². The van der Waals surface area contributed by atoms with E-state index in [0.29, 0.717) is 36.3 Å². The topological polar surface area (TPSA) is 68.5 Å². The smallest absolute Gasteiger partial charge is 0.173 e. The maximum absolute atomic E-state index is 14.4. The number of nitrogens with zero attached hydrogens (tertiary/aromatic N) is 6. The Morgan fingerprint density at radius 2 is 1.69 bits per heavy atom. The fraction of sp³-hybridized carbons (Fsp3) is 0.500. The van der Waals surface area contributed by atoms with Gasteiger partial charge in [-0.25, -0.2) is 9.07 Å². The van der Waals surface area contributed by atoms with Crippen molar-refractivity contribution in [2.45, 2.75) is 44.2 Å². The molecule has 1 aliphatic heterocycles. The van der Waals surface area contributed by atoms with Crippen LogP contribution in [0.1, 0.15) is 55.6 Å². The van der Waals surface area contributed by atoms with Crippen LogP contribution in [0.15, 0.2) is 42.5 Å². The molecule has 9 heteroatoms. The summed E-state index contributed by atoms with van der Waals surface area (Å²) in [5.41, 5.74) is 1.62. The van der Waals surface area contributed by atoms with Crippen molar-refractivity contribution in [1.29, 1.82) is 0 Å². The normalized spacial score (nSPS) is 18.4. The van der Waals surface area contributed by atoms with Crippen LogP contribution in [0.25, 0.3) is 0 Å². The molecule has 2 aliphatic rings. The zero-order chi connectivity index (χ0) is 24.2. The molecule has 186 valence electrons. The molecule has 0 amide bonds. The molecular formula is C26H33FN6O2. The van der Waals surface area contributed by atoms with E-state index in [0.717, 1.165) is 37.3 Å². The van der Waals surface area contributed by atoms with Crippen LogP contribution < -0.4 is 14.4 Å². The van der Waals surface area contributed by atoms with E-state index in [1.54, 1.807) is 20.3 Å². The summed E-state index contributed by atoms with van der Waals surface area (Å²) in [5.74, 6) is 2.00. The molecule has 0 bridgehead atoms. The van der Waals surface area contributed by atoms with Gasteiger partial charge in [0.15, 0.2) is 17.3 Å². The predicted octanol–water partition coefficient (Wildman–Crippen LogP) is 4.25. The monoisotopic (exact) mass is 480 g/mol. The number of ether oxygens (including phenoxy) is 2. The summed E-state index contributed by atoms with van der Waals surface area (Å²) in [5, 5.41) is 13.1. The third-order valence-corrected chi connectivity index (χ3v) is 7.28. The van der Waals surface area contributed by atoms with E-state index < -0.39 is 0 Å². The molecule has 1 atom stereocenters. The molecule has 3 aromatic rings. The minimum Gasteiger partial charge on any atom is -0.493 e. The van der Waals surface area contributed by atoms with Crippen LogP contribution in [-0.4, -0.2) is 65.5 Å². The van der Waals surface area contributed by atoms with E-state index in [4.69, 9.17) is 9.47 Å². The second kappa shape index (κ2) is 10.6. The van der Waals surface area contributed by atoms with Crippen LogP contribution in [0.2, 0.25) is 0 Å².